The number of rotatable bonds is 15. The Morgan fingerprint density at radius 1 is 1.07 bits per heavy atom. The normalized spacial score (nSPS) is 17.1. The van der Waals surface area contributed by atoms with Crippen molar-refractivity contribution in [3.05, 3.63) is 36.5 Å². The molecule has 1 atom stereocenters. The number of hydrogen-bond donors (Lipinski definition) is 2. The molecule has 5 nitrogen and oxygen atoms in total. The summed E-state index contributed by atoms with van der Waals surface area (Å²) in [6, 6.07) is 0. The van der Waals surface area contributed by atoms with Gasteiger partial charge in [0.1, 0.15) is 0 Å². The smallest absolute Gasteiger partial charge is 0.227 e. The predicted octanol–water partition coefficient (Wildman–Crippen LogP) is 5.35. The van der Waals surface area contributed by atoms with Gasteiger partial charge in [0, 0.05) is 6.42 Å². The van der Waals surface area contributed by atoms with Crippen LogP contribution in [0.25, 0.3) is 0 Å². The van der Waals surface area contributed by atoms with E-state index in [1.54, 1.807) is 0 Å². The molecule has 1 unspecified atom stereocenters. The lowest BCUT2D eigenvalue weighted by Crippen LogP contribution is -2.32. The number of allylic oxidation sites excluding steroid dienone is 6. The Kier molecular flexibility index (Phi) is 13.8. The zero-order chi connectivity index (χ0) is 19.6. The first-order valence-corrected chi connectivity index (χ1v) is 10.4. The minimum atomic E-state index is -0.235. The molecule has 0 aromatic carbocycles. The molecule has 0 radical (unpaired) electrons. The molecule has 1 amide bonds. The minimum Gasteiger partial charge on any atom is -0.494 e. The largest absolute Gasteiger partial charge is 0.494 e. The average Bonchev–Trinajstić information content (AvgIpc) is 3.08. The van der Waals surface area contributed by atoms with Crippen LogP contribution in [0.2, 0.25) is 0 Å². The topological polar surface area (TPSA) is 70.9 Å². The van der Waals surface area contributed by atoms with Crippen molar-refractivity contribution in [2.24, 2.45) is 5.16 Å². The molecular weight excluding hydrogens is 340 g/mol. The molecule has 1 aliphatic rings. The van der Waals surface area contributed by atoms with Crippen LogP contribution in [-0.4, -0.2) is 29.6 Å². The molecule has 0 saturated carbocycles. The van der Waals surface area contributed by atoms with Crippen molar-refractivity contribution >= 4 is 11.8 Å². The zero-order valence-electron chi connectivity index (χ0n) is 16.7. The second kappa shape index (κ2) is 16.2. The third-order valence-electron chi connectivity index (χ3n) is 4.29. The highest BCUT2D eigenvalue weighted by molar-refractivity contribution is 5.77. The van der Waals surface area contributed by atoms with E-state index in [0.29, 0.717) is 19.4 Å². The summed E-state index contributed by atoms with van der Waals surface area (Å²) in [5, 5.41) is 15.4. The van der Waals surface area contributed by atoms with E-state index in [1.807, 2.05) is 0 Å². The molecule has 1 aliphatic heterocycles. The van der Waals surface area contributed by atoms with Gasteiger partial charge in [-0.1, -0.05) is 61.4 Å². The van der Waals surface area contributed by atoms with Gasteiger partial charge >= 0.3 is 0 Å². The van der Waals surface area contributed by atoms with E-state index in [2.05, 4.69) is 53.9 Å². The van der Waals surface area contributed by atoms with Gasteiger partial charge in [0.2, 0.25) is 11.8 Å². The quantitative estimate of drug-likeness (QED) is 0.299. The Labute approximate surface area is 164 Å². The summed E-state index contributed by atoms with van der Waals surface area (Å²) in [4.78, 5) is 16.7. The van der Waals surface area contributed by atoms with Gasteiger partial charge in [-0.15, -0.1) is 0 Å². The second-order valence-corrected chi connectivity index (χ2v) is 6.87. The van der Waals surface area contributed by atoms with Crippen LogP contribution in [0.1, 0.15) is 77.6 Å². The molecule has 0 spiro atoms. The van der Waals surface area contributed by atoms with Gasteiger partial charge in [-0.05, 0) is 44.9 Å². The number of amides is 1. The van der Waals surface area contributed by atoms with E-state index in [0.717, 1.165) is 32.1 Å². The lowest BCUT2D eigenvalue weighted by atomic mass is 10.1. The molecule has 152 valence electrons. The molecule has 0 aliphatic carbocycles. The fourth-order valence-corrected chi connectivity index (χ4v) is 2.68. The Bertz CT molecular complexity index is 510. The molecule has 0 saturated heterocycles. The van der Waals surface area contributed by atoms with E-state index in [9.17, 15) is 4.79 Å². The average molecular weight is 377 g/mol. The summed E-state index contributed by atoms with van der Waals surface area (Å²) in [5.41, 5.74) is 0. The number of carbonyl (C=O) groups excluding carboxylic acids is 1. The SMILES string of the molecule is CCCCC/C=C/C/C=C/C/C=C/CCCCC(=O)NCC1CC(O)=NO1. The third-order valence-corrected chi connectivity index (χ3v) is 4.29. The highest BCUT2D eigenvalue weighted by Crippen LogP contribution is 2.08. The van der Waals surface area contributed by atoms with Crippen LogP contribution in [0.4, 0.5) is 0 Å². The van der Waals surface area contributed by atoms with E-state index in [4.69, 9.17) is 9.94 Å². The van der Waals surface area contributed by atoms with Crippen LogP contribution in [0, 0.1) is 0 Å². The standard InChI is InChI=1S/C22H36N2O3/c1-2-3-4-5-6-7-8-9-10-11-12-13-14-15-16-17-21(25)23-19-20-18-22(26)24-27-20/h6-7,9-10,12-13,20H,2-5,8,11,14-19H2,1H3,(H,23,25)(H,24,26)/b7-6+,10-9+,13-12+. The molecule has 0 aromatic rings. The Morgan fingerprint density at radius 3 is 2.30 bits per heavy atom. The maximum Gasteiger partial charge on any atom is 0.227 e. The van der Waals surface area contributed by atoms with Crippen LogP contribution in [0.3, 0.4) is 0 Å². The highest BCUT2D eigenvalue weighted by Gasteiger charge is 2.20. The zero-order valence-corrected chi connectivity index (χ0v) is 16.7. The maximum absolute atomic E-state index is 11.7. The third kappa shape index (κ3) is 13.8. The summed E-state index contributed by atoms with van der Waals surface area (Å²) in [6.07, 6.45) is 24.0. The fraction of sp³-hybridized carbons (Fsp3) is 0.636. The summed E-state index contributed by atoms with van der Waals surface area (Å²) in [7, 11) is 0. The molecule has 2 N–H and O–H groups in total. The summed E-state index contributed by atoms with van der Waals surface area (Å²) in [5.74, 6) is 0.0226. The first-order valence-electron chi connectivity index (χ1n) is 10.4. The summed E-state index contributed by atoms with van der Waals surface area (Å²) >= 11 is 0. The van der Waals surface area contributed by atoms with Crippen molar-refractivity contribution in [2.45, 2.75) is 83.7 Å². The van der Waals surface area contributed by atoms with Crippen molar-refractivity contribution in [1.82, 2.24) is 5.32 Å². The van der Waals surface area contributed by atoms with Crippen molar-refractivity contribution in [2.75, 3.05) is 6.54 Å². The molecule has 0 aromatic heterocycles. The van der Waals surface area contributed by atoms with Crippen molar-refractivity contribution in [3.8, 4) is 0 Å². The number of nitrogens with zero attached hydrogens (tertiary/aromatic N) is 1. The van der Waals surface area contributed by atoms with Crippen molar-refractivity contribution in [1.29, 1.82) is 0 Å². The van der Waals surface area contributed by atoms with Crippen LogP contribution in [0.5, 0.6) is 0 Å². The summed E-state index contributed by atoms with van der Waals surface area (Å²) in [6.45, 7) is 2.63. The highest BCUT2D eigenvalue weighted by atomic mass is 16.7. The van der Waals surface area contributed by atoms with Gasteiger partial charge in [-0.3, -0.25) is 4.79 Å². The Morgan fingerprint density at radius 2 is 1.70 bits per heavy atom. The second-order valence-electron chi connectivity index (χ2n) is 6.87. The van der Waals surface area contributed by atoms with E-state index in [1.165, 1.54) is 25.7 Å². The van der Waals surface area contributed by atoms with Crippen LogP contribution in [-0.2, 0) is 9.63 Å². The monoisotopic (exact) mass is 376 g/mol. The molecule has 0 fully saturated rings. The molecule has 5 heteroatoms. The van der Waals surface area contributed by atoms with E-state index < -0.39 is 0 Å². The molecule has 1 heterocycles. The molecule has 27 heavy (non-hydrogen) atoms. The Balaban J connectivity index is 1.88. The summed E-state index contributed by atoms with van der Waals surface area (Å²) < 4.78 is 0. The van der Waals surface area contributed by atoms with Gasteiger partial charge in [-0.2, -0.15) is 0 Å². The predicted molar refractivity (Wildman–Crippen MR) is 112 cm³/mol. The minimum absolute atomic E-state index is 0.00486. The van der Waals surface area contributed by atoms with Gasteiger partial charge < -0.3 is 15.3 Å². The molecule has 1 rings (SSSR count). The van der Waals surface area contributed by atoms with Gasteiger partial charge in [0.05, 0.1) is 13.0 Å². The first kappa shape index (κ1) is 23.0. The van der Waals surface area contributed by atoms with Gasteiger partial charge in [0.25, 0.3) is 0 Å². The number of nitrogens with one attached hydrogen (secondary N) is 1. The molecule has 0 bridgehead atoms. The first-order chi connectivity index (χ1) is 13.2. The number of hydrogen-bond acceptors (Lipinski definition) is 3. The van der Waals surface area contributed by atoms with Crippen LogP contribution >= 0.6 is 0 Å². The maximum atomic E-state index is 11.7. The number of aliphatic hydroxyl groups is 1. The fourth-order valence-electron chi connectivity index (χ4n) is 2.68. The van der Waals surface area contributed by atoms with Gasteiger partial charge in [0.15, 0.2) is 6.10 Å². The van der Waals surface area contributed by atoms with Crippen molar-refractivity contribution in [3.63, 3.8) is 0 Å². The van der Waals surface area contributed by atoms with Crippen LogP contribution in [0.15, 0.2) is 41.6 Å². The van der Waals surface area contributed by atoms with E-state index >= 15 is 0 Å². The number of aliphatic hydroxyl groups excluding tert-OH is 1. The number of unbranched alkanes of at least 4 members (excludes halogenated alkanes) is 5. The van der Waals surface area contributed by atoms with Crippen LogP contribution < -0.4 is 5.32 Å². The Hall–Kier alpha value is -2.04. The lowest BCUT2D eigenvalue weighted by molar-refractivity contribution is -0.121. The number of carbonyl (C=O) groups is 1. The van der Waals surface area contributed by atoms with Gasteiger partial charge in [-0.25, -0.2) is 0 Å². The number of oxime groups is 1. The van der Waals surface area contributed by atoms with E-state index in [-0.39, 0.29) is 17.9 Å². The molecular formula is C22H36N2O3. The van der Waals surface area contributed by atoms with Crippen molar-refractivity contribution < 1.29 is 14.7 Å². The lowest BCUT2D eigenvalue weighted by Gasteiger charge is -2.09.